The number of halogens is 3. The average Bonchev–Trinajstić information content (AvgIpc) is 3.20. The summed E-state index contributed by atoms with van der Waals surface area (Å²) in [7, 11) is 0. The number of nitrogens with zero attached hydrogens (tertiary/aromatic N) is 2. The van der Waals surface area contributed by atoms with Crippen LogP contribution in [0.3, 0.4) is 0 Å². The Morgan fingerprint density at radius 1 is 1.00 bits per heavy atom. The third kappa shape index (κ3) is 4.75. The predicted octanol–water partition coefficient (Wildman–Crippen LogP) is 6.94. The minimum Gasteiger partial charge on any atom is -0.481 e. The maximum Gasteiger partial charge on any atom is 0.341 e. The van der Waals surface area contributed by atoms with E-state index in [1.807, 2.05) is 43.3 Å². The van der Waals surface area contributed by atoms with Gasteiger partial charge < -0.3 is 9.84 Å². The molecular formula is C24H17Cl3N2O3. The van der Waals surface area contributed by atoms with Crippen molar-refractivity contribution in [2.24, 2.45) is 0 Å². The van der Waals surface area contributed by atoms with E-state index in [0.29, 0.717) is 32.1 Å². The van der Waals surface area contributed by atoms with E-state index in [2.05, 4.69) is 0 Å². The molecule has 3 aromatic carbocycles. The van der Waals surface area contributed by atoms with Crippen LogP contribution in [0.2, 0.25) is 15.1 Å². The van der Waals surface area contributed by atoms with Crippen molar-refractivity contribution in [2.45, 2.75) is 6.92 Å². The van der Waals surface area contributed by atoms with Gasteiger partial charge in [0.15, 0.2) is 6.61 Å². The molecule has 8 heteroatoms. The first kappa shape index (κ1) is 22.2. The lowest BCUT2D eigenvalue weighted by atomic mass is 10.1. The Bertz CT molecular complexity index is 1300. The van der Waals surface area contributed by atoms with E-state index in [1.54, 1.807) is 35.0 Å². The average molecular weight is 488 g/mol. The van der Waals surface area contributed by atoms with Gasteiger partial charge in [-0.25, -0.2) is 9.48 Å². The van der Waals surface area contributed by atoms with Gasteiger partial charge in [0.25, 0.3) is 0 Å². The quantitative estimate of drug-likeness (QED) is 0.320. The number of hydrogen-bond acceptors (Lipinski definition) is 3. The maximum absolute atomic E-state index is 11.1. The number of carboxylic acid groups (broad SMARTS) is 1. The second-order valence-electron chi connectivity index (χ2n) is 7.09. The Balaban J connectivity index is 1.91. The molecule has 0 unspecified atom stereocenters. The predicted molar refractivity (Wildman–Crippen MR) is 127 cm³/mol. The van der Waals surface area contributed by atoms with Gasteiger partial charge in [0.1, 0.15) is 5.75 Å². The summed E-state index contributed by atoms with van der Waals surface area (Å²) >= 11 is 18.7. The van der Waals surface area contributed by atoms with Crippen LogP contribution in [0.15, 0.2) is 66.7 Å². The summed E-state index contributed by atoms with van der Waals surface area (Å²) in [6.45, 7) is 1.34. The molecule has 0 atom stereocenters. The number of aliphatic carboxylic acids is 1. The minimum absolute atomic E-state index is 0.382. The zero-order valence-corrected chi connectivity index (χ0v) is 19.1. The van der Waals surface area contributed by atoms with Gasteiger partial charge in [0.2, 0.25) is 0 Å². The standard InChI is InChI=1S/C24H17Cl3N2O3/c1-14-9-23(32-13-24(30)31)19(11-20(14)27)21-12-22(15-5-7-16(25)8-6-15)29(28-21)18-4-2-3-17(26)10-18/h2-12H,13H2,1H3,(H,30,31). The van der Waals surface area contributed by atoms with Crippen molar-refractivity contribution in [3.05, 3.63) is 87.4 Å². The van der Waals surface area contributed by atoms with Crippen molar-refractivity contribution in [2.75, 3.05) is 6.61 Å². The van der Waals surface area contributed by atoms with Gasteiger partial charge >= 0.3 is 5.97 Å². The van der Waals surface area contributed by atoms with Gasteiger partial charge in [-0.3, -0.25) is 0 Å². The summed E-state index contributed by atoms with van der Waals surface area (Å²) < 4.78 is 7.30. The lowest BCUT2D eigenvalue weighted by Gasteiger charge is -2.11. The molecule has 1 aromatic heterocycles. The molecule has 32 heavy (non-hydrogen) atoms. The fourth-order valence-corrected chi connectivity index (χ4v) is 3.73. The molecule has 1 N–H and O–H groups in total. The normalized spacial score (nSPS) is 10.9. The van der Waals surface area contributed by atoms with E-state index in [1.165, 1.54) is 0 Å². The molecule has 0 saturated carbocycles. The summed E-state index contributed by atoms with van der Waals surface area (Å²) in [4.78, 5) is 11.1. The monoisotopic (exact) mass is 486 g/mol. The number of hydrogen-bond donors (Lipinski definition) is 1. The summed E-state index contributed by atoms with van der Waals surface area (Å²) in [5, 5.41) is 15.6. The van der Waals surface area contributed by atoms with Crippen LogP contribution >= 0.6 is 34.8 Å². The van der Waals surface area contributed by atoms with Crippen molar-refractivity contribution < 1.29 is 14.6 Å². The third-order valence-corrected chi connectivity index (χ3v) is 5.68. The van der Waals surface area contributed by atoms with Crippen LogP contribution < -0.4 is 4.74 Å². The number of carbonyl (C=O) groups is 1. The fraction of sp³-hybridized carbons (Fsp3) is 0.0833. The van der Waals surface area contributed by atoms with Gasteiger partial charge in [0.05, 0.1) is 17.1 Å². The Morgan fingerprint density at radius 3 is 2.44 bits per heavy atom. The van der Waals surface area contributed by atoms with Crippen molar-refractivity contribution in [3.8, 4) is 34.0 Å². The second-order valence-corrected chi connectivity index (χ2v) is 8.37. The maximum atomic E-state index is 11.1. The van der Waals surface area contributed by atoms with Crippen LogP contribution in [0.1, 0.15) is 5.56 Å². The smallest absolute Gasteiger partial charge is 0.341 e. The van der Waals surface area contributed by atoms with Crippen LogP contribution in [0, 0.1) is 6.92 Å². The Labute approximate surface area is 199 Å². The van der Waals surface area contributed by atoms with Gasteiger partial charge in [0, 0.05) is 26.2 Å². The minimum atomic E-state index is -1.07. The molecule has 4 aromatic rings. The highest BCUT2D eigenvalue weighted by molar-refractivity contribution is 6.32. The largest absolute Gasteiger partial charge is 0.481 e. The lowest BCUT2D eigenvalue weighted by Crippen LogP contribution is -2.10. The summed E-state index contributed by atoms with van der Waals surface area (Å²) in [5.41, 5.74) is 4.36. The molecule has 0 spiro atoms. The van der Waals surface area contributed by atoms with Crippen molar-refractivity contribution in [3.63, 3.8) is 0 Å². The van der Waals surface area contributed by atoms with Crippen LogP contribution in [0.5, 0.6) is 5.75 Å². The number of benzene rings is 3. The summed E-state index contributed by atoms with van der Waals surface area (Å²) in [6, 6.07) is 20.1. The first-order valence-corrected chi connectivity index (χ1v) is 10.7. The topological polar surface area (TPSA) is 64.3 Å². The summed E-state index contributed by atoms with van der Waals surface area (Å²) in [6.07, 6.45) is 0. The Morgan fingerprint density at radius 2 is 1.75 bits per heavy atom. The van der Waals surface area contributed by atoms with Gasteiger partial charge in [-0.05, 0) is 61.0 Å². The van der Waals surface area contributed by atoms with Crippen molar-refractivity contribution >= 4 is 40.8 Å². The van der Waals surface area contributed by atoms with E-state index in [0.717, 1.165) is 22.5 Å². The van der Waals surface area contributed by atoms with E-state index in [4.69, 9.17) is 49.7 Å². The molecule has 162 valence electrons. The molecule has 5 nitrogen and oxygen atoms in total. The number of aromatic nitrogens is 2. The highest BCUT2D eigenvalue weighted by Gasteiger charge is 2.18. The lowest BCUT2D eigenvalue weighted by molar-refractivity contribution is -0.139. The van der Waals surface area contributed by atoms with Crippen LogP contribution in [0.4, 0.5) is 0 Å². The highest BCUT2D eigenvalue weighted by atomic mass is 35.5. The van der Waals surface area contributed by atoms with Crippen molar-refractivity contribution in [1.29, 1.82) is 0 Å². The van der Waals surface area contributed by atoms with E-state index >= 15 is 0 Å². The van der Waals surface area contributed by atoms with Crippen LogP contribution in [-0.2, 0) is 4.79 Å². The first-order chi connectivity index (χ1) is 15.3. The number of ether oxygens (including phenoxy) is 1. The number of rotatable bonds is 6. The zero-order valence-electron chi connectivity index (χ0n) is 16.8. The highest BCUT2D eigenvalue weighted by Crippen LogP contribution is 2.37. The Hall–Kier alpha value is -2.99. The summed E-state index contributed by atoms with van der Waals surface area (Å²) in [5.74, 6) is -0.692. The second kappa shape index (κ2) is 9.25. The fourth-order valence-electron chi connectivity index (χ4n) is 3.26. The molecule has 4 rings (SSSR count). The van der Waals surface area contributed by atoms with E-state index in [9.17, 15) is 4.79 Å². The molecule has 0 aliphatic carbocycles. The molecule has 0 bridgehead atoms. The molecule has 0 aliphatic heterocycles. The molecule has 0 amide bonds. The molecule has 0 aliphatic rings. The third-order valence-electron chi connectivity index (χ3n) is 4.79. The van der Waals surface area contributed by atoms with Crippen LogP contribution in [0.25, 0.3) is 28.2 Å². The van der Waals surface area contributed by atoms with E-state index in [-0.39, 0.29) is 0 Å². The van der Waals surface area contributed by atoms with Gasteiger partial charge in [-0.15, -0.1) is 0 Å². The van der Waals surface area contributed by atoms with Gasteiger partial charge in [-0.2, -0.15) is 5.10 Å². The molecule has 0 saturated heterocycles. The van der Waals surface area contributed by atoms with Gasteiger partial charge in [-0.1, -0.05) is 53.0 Å². The Kier molecular flexibility index (Phi) is 6.42. The molecule has 0 radical (unpaired) electrons. The zero-order chi connectivity index (χ0) is 22.8. The van der Waals surface area contributed by atoms with E-state index < -0.39 is 12.6 Å². The number of aryl methyl sites for hydroxylation is 1. The van der Waals surface area contributed by atoms with Crippen molar-refractivity contribution in [1.82, 2.24) is 9.78 Å². The molecular weight excluding hydrogens is 471 g/mol. The molecule has 0 fully saturated rings. The van der Waals surface area contributed by atoms with Crippen LogP contribution in [-0.4, -0.2) is 27.5 Å². The first-order valence-electron chi connectivity index (χ1n) is 9.59. The molecule has 1 heterocycles. The SMILES string of the molecule is Cc1cc(OCC(=O)O)c(-c2cc(-c3ccc(Cl)cc3)n(-c3cccc(Cl)c3)n2)cc1Cl. The number of carboxylic acids is 1.